The van der Waals surface area contributed by atoms with E-state index in [9.17, 15) is 48.6 Å². The summed E-state index contributed by atoms with van der Waals surface area (Å²) >= 11 is 5.00. The Labute approximate surface area is 515 Å². The largest absolute Gasteiger partial charge is 0.493 e. The number of aliphatic hydroxyl groups is 2. The minimum Gasteiger partial charge on any atom is -0.493 e. The van der Waals surface area contributed by atoms with Crippen molar-refractivity contribution in [2.45, 2.75) is 134 Å². The van der Waals surface area contributed by atoms with E-state index < -0.39 is 60.4 Å². The summed E-state index contributed by atoms with van der Waals surface area (Å²) in [5.74, 6) is -1.59. The lowest BCUT2D eigenvalue weighted by atomic mass is 10.0. The zero-order valence-corrected chi connectivity index (χ0v) is 50.8. The number of nitrogens with two attached hydrogens (primary N) is 1. The maximum atomic E-state index is 14.3. The van der Waals surface area contributed by atoms with Crippen molar-refractivity contribution < 1.29 is 72.3 Å². The number of carbonyl (C=O) groups excluding carboxylic acids is 8. The topological polar surface area (TPSA) is 323 Å². The number of aliphatic hydroxyl groups excluding tert-OH is 2. The number of methoxy groups -OCH3 is 2. The molecule has 0 saturated carbocycles. The molecule has 0 aromatic heterocycles. The van der Waals surface area contributed by atoms with Crippen LogP contribution in [0.2, 0.25) is 0 Å². The van der Waals surface area contributed by atoms with Crippen molar-refractivity contribution in [2.24, 2.45) is 16.6 Å². The Kier molecular flexibility index (Phi) is 22.2. The van der Waals surface area contributed by atoms with Gasteiger partial charge in [-0.1, -0.05) is 68.9 Å². The molecule has 6 atom stereocenters. The molecule has 472 valence electrons. The van der Waals surface area contributed by atoms with E-state index in [4.69, 9.17) is 41.6 Å². The first kappa shape index (κ1) is 65.4. The maximum absolute atomic E-state index is 14.3. The third kappa shape index (κ3) is 15.9. The summed E-state index contributed by atoms with van der Waals surface area (Å²) in [5, 5.41) is 32.9. The van der Waals surface area contributed by atoms with Crippen LogP contribution in [0.1, 0.15) is 117 Å². The van der Waals surface area contributed by atoms with Crippen molar-refractivity contribution in [2.75, 3.05) is 63.8 Å². The Balaban J connectivity index is 0.861. The molecular formula is C62H78N10O15S. The molecule has 0 aliphatic carbocycles. The lowest BCUT2D eigenvalue weighted by Gasteiger charge is -2.31. The molecule has 5 heterocycles. The van der Waals surface area contributed by atoms with Gasteiger partial charge < -0.3 is 75.6 Å². The molecule has 5 aliphatic rings. The van der Waals surface area contributed by atoms with Gasteiger partial charge in [-0.05, 0) is 93.5 Å². The molecule has 3 aromatic rings. The van der Waals surface area contributed by atoms with Crippen LogP contribution in [0, 0.1) is 5.92 Å². The molecule has 8 N–H and O–H groups in total. The van der Waals surface area contributed by atoms with Gasteiger partial charge in [0.2, 0.25) is 17.7 Å². The predicted octanol–water partition coefficient (Wildman–Crippen LogP) is 5.56. The van der Waals surface area contributed by atoms with E-state index in [0.29, 0.717) is 104 Å². The Morgan fingerprint density at radius 2 is 1.41 bits per heavy atom. The number of anilines is 2. The summed E-state index contributed by atoms with van der Waals surface area (Å²) in [6.45, 7) is 12.9. The van der Waals surface area contributed by atoms with Crippen LogP contribution in [0.3, 0.4) is 0 Å². The zero-order chi connectivity index (χ0) is 63.3. The van der Waals surface area contributed by atoms with Crippen LogP contribution in [-0.4, -0.2) is 174 Å². The number of unbranched alkanes of at least 4 members (excludes halogenated alkanes) is 4. The van der Waals surface area contributed by atoms with Gasteiger partial charge in [0.05, 0.1) is 66.9 Å². The Morgan fingerprint density at radius 3 is 2.07 bits per heavy atom. The van der Waals surface area contributed by atoms with Gasteiger partial charge >= 0.3 is 12.1 Å². The second-order valence-electron chi connectivity index (χ2n) is 22.7. The molecule has 0 radical (unpaired) electrons. The number of nitrogens with one attached hydrogen (secondary N) is 4. The van der Waals surface area contributed by atoms with Crippen LogP contribution >= 0.6 is 12.2 Å². The number of likely N-dealkylation sites (tertiary alicyclic amines) is 1. The number of fused-ring (bicyclic) bond motifs is 4. The fourth-order valence-electron chi connectivity index (χ4n) is 11.1. The summed E-state index contributed by atoms with van der Waals surface area (Å²) in [6, 6.07) is 8.80. The van der Waals surface area contributed by atoms with Crippen molar-refractivity contribution >= 4 is 87.9 Å². The summed E-state index contributed by atoms with van der Waals surface area (Å²) in [7, 11) is 2.94. The Morgan fingerprint density at radius 1 is 0.761 bits per heavy atom. The van der Waals surface area contributed by atoms with Crippen LogP contribution in [0.4, 0.5) is 26.7 Å². The normalized spacial score (nSPS) is 19.3. The molecule has 0 bridgehead atoms. The minimum atomic E-state index is -1.56. The second kappa shape index (κ2) is 29.9. The van der Waals surface area contributed by atoms with Gasteiger partial charge in [-0.2, -0.15) is 0 Å². The summed E-state index contributed by atoms with van der Waals surface area (Å²) < 4.78 is 29.5. The van der Waals surface area contributed by atoms with E-state index in [0.717, 1.165) is 10.5 Å². The molecule has 3 fully saturated rings. The van der Waals surface area contributed by atoms with Crippen LogP contribution in [-0.2, 0) is 30.5 Å². The van der Waals surface area contributed by atoms with Gasteiger partial charge in [-0.25, -0.2) is 14.5 Å². The molecule has 6 unspecified atom stereocenters. The molecule has 25 nitrogen and oxygen atoms in total. The van der Waals surface area contributed by atoms with Gasteiger partial charge in [-0.15, -0.1) is 0 Å². The van der Waals surface area contributed by atoms with Crippen molar-refractivity contribution in [3.63, 3.8) is 0 Å². The van der Waals surface area contributed by atoms with Crippen LogP contribution in [0.25, 0.3) is 0 Å². The molecule has 3 aromatic carbocycles. The quantitative estimate of drug-likeness (QED) is 0.0266. The highest BCUT2D eigenvalue weighted by Gasteiger charge is 2.47. The van der Waals surface area contributed by atoms with Crippen molar-refractivity contribution in [1.82, 2.24) is 30.7 Å². The minimum absolute atomic E-state index is 0.0407. The number of aliphatic imine (C=N–C) groups is 1. The standard InChI is InChI=1S/C62H78N10O15S/c1-35(2)54(68-52(73)15-9-7-10-21-69-53(74)30-51(88)60(69)80)56(76)67-43(14-13-20-64-61(63)81)55(75)66-39-18-16-38(17-19-39)34-87-62(82)72-45-29-50(48(84-6)27-42(45)58(78)71-33-37(4)25-46(71)59(72)79)86-23-12-8-11-22-85-49-28-44-41(26-47(49)83-5)57(77)70-32-36(3)24-40(70)31-65-44/h16-19,26-29,31,35,40,43,46,53-54,59,74,79H,3-4,7-15,20-25,30,32-34H2,1-2,5-6H3,(H,66,75)(H,67,76)(H,68,73)(H3,63,64,81). The SMILES string of the molecule is C=C1CC2C=Nc3cc(OCCCCCOc4cc5c(cc4OC)C(=O)N4CC(=C)CC4C(O)N5C(=O)OCc4ccc(NC(=O)C(CCCNC(N)=O)NC(=O)C(NC(=O)CCCCCN5C(=O)C(=S)CC5O)C(C)C)cc4)c(OC)cc3C(=O)N2C1. The zero-order valence-electron chi connectivity index (χ0n) is 50.0. The third-order valence-corrected chi connectivity index (χ3v) is 16.2. The number of nitrogens with zero attached hydrogens (tertiary/aromatic N) is 5. The van der Waals surface area contributed by atoms with Gasteiger partial charge in [0.25, 0.3) is 17.7 Å². The van der Waals surface area contributed by atoms with Crippen molar-refractivity contribution in [1.29, 1.82) is 0 Å². The maximum Gasteiger partial charge on any atom is 0.416 e. The Bertz CT molecular complexity index is 3210. The fraction of sp³-hybridized carbons (Fsp3) is 0.484. The molecule has 88 heavy (non-hydrogen) atoms. The smallest absolute Gasteiger partial charge is 0.416 e. The summed E-state index contributed by atoms with van der Waals surface area (Å²) in [5.41, 5.74) is 8.77. The van der Waals surface area contributed by atoms with E-state index in [2.05, 4.69) is 39.4 Å². The highest BCUT2D eigenvalue weighted by molar-refractivity contribution is 7.82. The lowest BCUT2D eigenvalue weighted by Crippen LogP contribution is -2.54. The first-order chi connectivity index (χ1) is 42.1. The molecule has 9 amide bonds. The molecule has 0 spiro atoms. The molecule has 3 saturated heterocycles. The number of ether oxygens (including phenoxy) is 5. The summed E-state index contributed by atoms with van der Waals surface area (Å²) in [6.07, 6.45) is 3.21. The van der Waals surface area contributed by atoms with E-state index in [1.807, 2.05) is 0 Å². The van der Waals surface area contributed by atoms with Crippen molar-refractivity contribution in [3.8, 4) is 23.0 Å². The number of thiocarbonyl (C=S) groups is 1. The average Bonchev–Trinajstić information content (AvgIpc) is 1.87. The number of hydrogen-bond acceptors (Lipinski definition) is 17. The van der Waals surface area contributed by atoms with Gasteiger partial charge in [0.15, 0.2) is 29.2 Å². The average molecular weight is 1240 g/mol. The van der Waals surface area contributed by atoms with Crippen LogP contribution in [0.15, 0.2) is 77.8 Å². The Hall–Kier alpha value is -8.62. The number of benzene rings is 3. The van der Waals surface area contributed by atoms with E-state index >= 15 is 0 Å². The van der Waals surface area contributed by atoms with E-state index in [-0.39, 0.29) is 116 Å². The third-order valence-electron chi connectivity index (χ3n) is 15.9. The summed E-state index contributed by atoms with van der Waals surface area (Å²) in [4.78, 5) is 117. The molecule has 26 heteroatoms. The van der Waals surface area contributed by atoms with Crippen LogP contribution < -0.4 is 50.8 Å². The molecule has 8 rings (SSSR count). The van der Waals surface area contributed by atoms with Crippen LogP contribution in [0.5, 0.6) is 23.0 Å². The highest BCUT2D eigenvalue weighted by Crippen LogP contribution is 2.43. The number of carbonyl (C=O) groups is 8. The van der Waals surface area contributed by atoms with Gasteiger partial charge in [0, 0.05) is 63.1 Å². The number of hydrogen-bond donors (Lipinski definition) is 7. The predicted molar refractivity (Wildman–Crippen MR) is 329 cm³/mol. The highest BCUT2D eigenvalue weighted by atomic mass is 32.1. The number of primary amides is 1. The fourth-order valence-corrected chi connectivity index (χ4v) is 11.4. The monoisotopic (exact) mass is 1230 g/mol. The first-order valence-electron chi connectivity index (χ1n) is 29.5. The first-order valence-corrected chi connectivity index (χ1v) is 29.9. The lowest BCUT2D eigenvalue weighted by molar-refractivity contribution is -0.132. The van der Waals surface area contributed by atoms with Gasteiger partial charge in [0.1, 0.15) is 24.9 Å². The van der Waals surface area contributed by atoms with Gasteiger partial charge in [-0.3, -0.25) is 33.8 Å². The molecular weight excluding hydrogens is 1160 g/mol. The number of amides is 9. The number of rotatable bonds is 28. The molecule has 5 aliphatic heterocycles. The van der Waals surface area contributed by atoms with Crippen molar-refractivity contribution in [3.05, 3.63) is 89.5 Å². The number of urea groups is 1. The second-order valence-corrected chi connectivity index (χ2v) is 23.2. The van der Waals surface area contributed by atoms with E-state index in [1.165, 1.54) is 36.2 Å². The van der Waals surface area contributed by atoms with E-state index in [1.54, 1.807) is 61.4 Å².